The number of fused-ring (bicyclic) bond motifs is 1. The molecule has 9 aromatic rings. The van der Waals surface area contributed by atoms with Crippen molar-refractivity contribution in [1.29, 1.82) is 0 Å². The van der Waals surface area contributed by atoms with Crippen molar-refractivity contribution in [3.8, 4) is 78.6 Å². The summed E-state index contributed by atoms with van der Waals surface area (Å²) < 4.78 is 2.25. The number of aromatic nitrogens is 3. The SMILES string of the molecule is CC(C)c1cc(-c2ccnc(-c3[c-]c(-c4cccc5c4nc(-c4cccc(C(C)(C)C)c4O)n5-c4ccc(C(C)(C)C)cc4-c4ccccc4)cc(-c4ccccc4)c3)c2)cc(C(C)C)c1.[Pt]. The van der Waals surface area contributed by atoms with E-state index >= 15 is 0 Å². The van der Waals surface area contributed by atoms with Gasteiger partial charge in [0, 0.05) is 38.5 Å². The van der Waals surface area contributed by atoms with Crippen molar-refractivity contribution in [2.75, 3.05) is 0 Å². The van der Waals surface area contributed by atoms with Crippen molar-refractivity contribution < 1.29 is 26.2 Å². The summed E-state index contributed by atoms with van der Waals surface area (Å²) in [6.45, 7) is 22.2. The molecule has 0 amide bonds. The first-order valence-corrected chi connectivity index (χ1v) is 23.3. The van der Waals surface area contributed by atoms with E-state index in [9.17, 15) is 5.11 Å². The minimum absolute atomic E-state index is 0. The van der Waals surface area contributed by atoms with Gasteiger partial charge in [0.15, 0.2) is 0 Å². The number of pyridine rings is 1. The van der Waals surface area contributed by atoms with Gasteiger partial charge in [-0.05, 0) is 97.5 Å². The van der Waals surface area contributed by atoms with Crippen LogP contribution in [0.4, 0.5) is 0 Å². The van der Waals surface area contributed by atoms with Gasteiger partial charge in [-0.2, -0.15) is 0 Å². The predicted molar refractivity (Wildman–Crippen MR) is 278 cm³/mol. The van der Waals surface area contributed by atoms with Crippen molar-refractivity contribution in [3.05, 3.63) is 192 Å². The van der Waals surface area contributed by atoms with Crippen LogP contribution in [0.3, 0.4) is 0 Å². The molecule has 0 bridgehead atoms. The van der Waals surface area contributed by atoms with E-state index in [2.05, 4.69) is 219 Å². The Morgan fingerprint density at radius 2 is 1.13 bits per heavy atom. The third-order valence-corrected chi connectivity index (χ3v) is 12.9. The predicted octanol–water partition coefficient (Wildman–Crippen LogP) is 16.8. The molecule has 5 heteroatoms. The number of imidazole rings is 1. The van der Waals surface area contributed by atoms with Crippen LogP contribution < -0.4 is 0 Å². The Labute approximate surface area is 412 Å². The molecule has 9 rings (SSSR count). The number of hydrogen-bond donors (Lipinski definition) is 1. The molecule has 67 heavy (non-hydrogen) atoms. The van der Waals surface area contributed by atoms with Gasteiger partial charge in [-0.1, -0.05) is 201 Å². The molecule has 1 N–H and O–H groups in total. The minimum Gasteiger partial charge on any atom is -0.507 e. The van der Waals surface area contributed by atoms with Gasteiger partial charge in [-0.25, -0.2) is 4.98 Å². The number of phenolic OH excluding ortho intramolecular Hbond substituents is 1. The van der Waals surface area contributed by atoms with Crippen LogP contribution in [-0.4, -0.2) is 19.6 Å². The van der Waals surface area contributed by atoms with Crippen LogP contribution in [0.15, 0.2) is 164 Å². The zero-order valence-electron chi connectivity index (χ0n) is 40.3. The molecule has 0 atom stereocenters. The van der Waals surface area contributed by atoms with Crippen LogP contribution in [0.1, 0.15) is 103 Å². The van der Waals surface area contributed by atoms with Crippen LogP contribution in [0.25, 0.3) is 83.9 Å². The molecule has 7 aromatic carbocycles. The number of rotatable bonds is 9. The first-order chi connectivity index (χ1) is 31.5. The molecule has 0 unspecified atom stereocenters. The maximum Gasteiger partial charge on any atom is 0.148 e. The Kier molecular flexibility index (Phi) is 13.2. The van der Waals surface area contributed by atoms with E-state index in [1.807, 2.05) is 24.4 Å². The quantitative estimate of drug-likeness (QED) is 0.147. The summed E-state index contributed by atoms with van der Waals surface area (Å²) >= 11 is 0. The van der Waals surface area contributed by atoms with Gasteiger partial charge in [0.05, 0.1) is 22.3 Å². The van der Waals surface area contributed by atoms with Crippen molar-refractivity contribution in [1.82, 2.24) is 14.5 Å². The Morgan fingerprint density at radius 3 is 1.78 bits per heavy atom. The number of hydrogen-bond acceptors (Lipinski definition) is 3. The van der Waals surface area contributed by atoms with Crippen molar-refractivity contribution in [3.63, 3.8) is 0 Å². The van der Waals surface area contributed by atoms with Crippen molar-refractivity contribution in [2.45, 2.75) is 91.9 Å². The summed E-state index contributed by atoms with van der Waals surface area (Å²) in [5.41, 5.74) is 18.1. The molecule has 0 spiro atoms. The van der Waals surface area contributed by atoms with Gasteiger partial charge >= 0.3 is 0 Å². The van der Waals surface area contributed by atoms with E-state index in [-0.39, 0.29) is 37.6 Å². The standard InChI is InChI=1S/C62H60N3O.Pt/c1-39(2)44-31-45(40(3)4)33-47(32-44)43-29-30-63-55(37-43)49-35-46(41-19-13-11-14-20-41)34-48(36-49)51-23-18-26-57-58(51)64-60(52-24-17-25-54(59(52)66)62(8,9)10)65(57)56-28-27-50(61(5,6)7)38-53(56)42-21-15-12-16-22-42;/h11-35,37-40,66H,1-10H3;/q-1;. The second kappa shape index (κ2) is 18.7. The Bertz CT molecular complexity index is 3200. The van der Waals surface area contributed by atoms with Crippen LogP contribution >= 0.6 is 0 Å². The molecule has 2 aromatic heterocycles. The van der Waals surface area contributed by atoms with Crippen LogP contribution in [0.5, 0.6) is 5.75 Å². The van der Waals surface area contributed by atoms with Gasteiger partial charge < -0.3 is 5.11 Å². The molecule has 0 saturated carbocycles. The number of nitrogens with zero attached hydrogens (tertiary/aromatic N) is 3. The van der Waals surface area contributed by atoms with Gasteiger partial charge in [0.25, 0.3) is 0 Å². The van der Waals surface area contributed by atoms with E-state index in [0.29, 0.717) is 23.2 Å². The second-order valence-electron chi connectivity index (χ2n) is 20.4. The molecular formula is C62H60N3OPt-. The Balaban J connectivity index is 0.00000608. The molecule has 0 fully saturated rings. The Hall–Kier alpha value is -6.35. The first kappa shape index (κ1) is 47.2. The second-order valence-corrected chi connectivity index (χ2v) is 20.4. The first-order valence-electron chi connectivity index (χ1n) is 23.3. The van der Waals surface area contributed by atoms with E-state index in [0.717, 1.165) is 72.5 Å². The third kappa shape index (κ3) is 9.47. The summed E-state index contributed by atoms with van der Waals surface area (Å²) in [6, 6.07) is 60.0. The average molecular weight is 1060 g/mol. The summed E-state index contributed by atoms with van der Waals surface area (Å²) in [4.78, 5) is 10.6. The average Bonchev–Trinajstić information content (AvgIpc) is 3.70. The van der Waals surface area contributed by atoms with Crippen LogP contribution in [-0.2, 0) is 31.9 Å². The summed E-state index contributed by atoms with van der Waals surface area (Å²) in [5, 5.41) is 12.2. The third-order valence-electron chi connectivity index (χ3n) is 12.9. The number of benzene rings is 7. The normalized spacial score (nSPS) is 11.9. The summed E-state index contributed by atoms with van der Waals surface area (Å²) in [6.07, 6.45) is 1.92. The van der Waals surface area contributed by atoms with Gasteiger partial charge in [-0.3, -0.25) is 9.55 Å². The fourth-order valence-electron chi connectivity index (χ4n) is 9.03. The van der Waals surface area contributed by atoms with E-state index in [4.69, 9.17) is 9.97 Å². The largest absolute Gasteiger partial charge is 0.507 e. The van der Waals surface area contributed by atoms with E-state index in [1.54, 1.807) is 0 Å². The van der Waals surface area contributed by atoms with Crippen molar-refractivity contribution >= 4 is 11.0 Å². The molecule has 0 aliphatic carbocycles. The zero-order valence-corrected chi connectivity index (χ0v) is 42.6. The molecule has 0 saturated heterocycles. The van der Waals surface area contributed by atoms with Gasteiger partial charge in [0.1, 0.15) is 11.6 Å². The number of aromatic hydroxyl groups is 1. The summed E-state index contributed by atoms with van der Waals surface area (Å²) in [7, 11) is 0. The van der Waals surface area contributed by atoms with Crippen LogP contribution in [0.2, 0.25) is 0 Å². The maximum atomic E-state index is 12.2. The van der Waals surface area contributed by atoms with Gasteiger partial charge in [0.2, 0.25) is 0 Å². The monoisotopic (exact) mass is 1060 g/mol. The van der Waals surface area contributed by atoms with Gasteiger partial charge in [-0.15, -0.1) is 23.8 Å². The molecule has 0 radical (unpaired) electrons. The smallest absolute Gasteiger partial charge is 0.148 e. The maximum absolute atomic E-state index is 12.2. The van der Waals surface area contributed by atoms with Crippen molar-refractivity contribution in [2.24, 2.45) is 0 Å². The molecule has 340 valence electrons. The fourth-order valence-corrected chi connectivity index (χ4v) is 9.03. The van der Waals surface area contributed by atoms with E-state index in [1.165, 1.54) is 22.3 Å². The van der Waals surface area contributed by atoms with E-state index < -0.39 is 0 Å². The fraction of sp³-hybridized carbons (Fsp3) is 0.226. The van der Waals surface area contributed by atoms with Crippen LogP contribution in [0, 0.1) is 6.07 Å². The molecule has 0 aliphatic rings. The zero-order chi connectivity index (χ0) is 46.5. The number of phenols is 1. The summed E-state index contributed by atoms with van der Waals surface area (Å²) in [5.74, 6) is 1.72. The molecular weight excluding hydrogens is 998 g/mol. The molecule has 0 aliphatic heterocycles. The Morgan fingerprint density at radius 1 is 0.522 bits per heavy atom. The number of para-hydroxylation sites is 2. The molecule has 4 nitrogen and oxygen atoms in total. The molecule has 2 heterocycles. The topological polar surface area (TPSA) is 50.9 Å². The minimum atomic E-state index is -0.297.